The van der Waals surface area contributed by atoms with Crippen LogP contribution < -0.4 is 4.90 Å². The van der Waals surface area contributed by atoms with E-state index >= 15 is 0 Å². The van der Waals surface area contributed by atoms with Gasteiger partial charge in [-0.1, -0.05) is 55.7 Å². The zero-order valence-corrected chi connectivity index (χ0v) is 14.4. The fourth-order valence-corrected chi connectivity index (χ4v) is 5.04. The maximum atomic E-state index is 2.59. The lowest BCUT2D eigenvalue weighted by Crippen LogP contribution is -2.44. The van der Waals surface area contributed by atoms with Crippen LogP contribution in [-0.4, -0.2) is 6.04 Å². The zero-order valence-electron chi connectivity index (χ0n) is 14.4. The highest BCUT2D eigenvalue weighted by Crippen LogP contribution is 2.52. The average Bonchev–Trinajstić information content (AvgIpc) is 2.57. The second-order valence-corrected chi connectivity index (χ2v) is 7.57. The molecule has 2 aliphatic rings. The summed E-state index contributed by atoms with van der Waals surface area (Å²) in [5.41, 5.74) is 6.21. The molecule has 23 heavy (non-hydrogen) atoms. The Hall–Kier alpha value is -1.76. The first-order valence-corrected chi connectivity index (χ1v) is 9.16. The molecule has 1 fully saturated rings. The molecule has 4 rings (SSSR count). The molecule has 0 radical (unpaired) electrons. The van der Waals surface area contributed by atoms with Crippen molar-refractivity contribution in [1.82, 2.24) is 0 Å². The summed E-state index contributed by atoms with van der Waals surface area (Å²) in [5.74, 6) is 0. The van der Waals surface area contributed by atoms with Crippen LogP contribution in [0.25, 0.3) is 0 Å². The molecule has 1 heterocycles. The lowest BCUT2D eigenvalue weighted by atomic mass is 9.63. The fraction of sp³-hybridized carbons (Fsp3) is 0.455. The van der Waals surface area contributed by atoms with Crippen LogP contribution in [0.5, 0.6) is 0 Å². The molecular weight excluding hydrogens is 278 g/mol. The molecule has 0 amide bonds. The van der Waals surface area contributed by atoms with Gasteiger partial charge in [-0.3, -0.25) is 0 Å². The van der Waals surface area contributed by atoms with Crippen molar-refractivity contribution in [2.24, 2.45) is 0 Å². The van der Waals surface area contributed by atoms with E-state index in [1.807, 2.05) is 0 Å². The van der Waals surface area contributed by atoms with Crippen molar-refractivity contribution in [2.75, 3.05) is 4.90 Å². The van der Waals surface area contributed by atoms with Gasteiger partial charge in [-0.2, -0.15) is 0 Å². The van der Waals surface area contributed by atoms with Gasteiger partial charge in [0.15, 0.2) is 0 Å². The third kappa shape index (κ3) is 2.38. The Morgan fingerprint density at radius 2 is 1.52 bits per heavy atom. The molecular formula is C22H27N. The first-order chi connectivity index (χ1) is 11.2. The number of aryl methyl sites for hydroxylation is 1. The highest BCUT2D eigenvalue weighted by Gasteiger charge is 2.42. The molecule has 1 heteroatoms. The topological polar surface area (TPSA) is 3.24 Å². The van der Waals surface area contributed by atoms with Gasteiger partial charge in [0, 0.05) is 17.4 Å². The van der Waals surface area contributed by atoms with Gasteiger partial charge in [0.25, 0.3) is 0 Å². The second kappa shape index (κ2) is 5.70. The molecule has 1 aliphatic carbocycles. The molecule has 1 atom stereocenters. The maximum Gasteiger partial charge on any atom is 0.0451 e. The molecule has 1 spiro atoms. The van der Waals surface area contributed by atoms with E-state index in [4.69, 9.17) is 0 Å². The summed E-state index contributed by atoms with van der Waals surface area (Å²) in [7, 11) is 0. The Kier molecular flexibility index (Phi) is 3.67. The smallest absolute Gasteiger partial charge is 0.0451 e. The molecule has 2 aromatic carbocycles. The lowest BCUT2D eigenvalue weighted by Gasteiger charge is -2.50. The molecule has 1 nitrogen and oxygen atoms in total. The monoisotopic (exact) mass is 305 g/mol. The summed E-state index contributed by atoms with van der Waals surface area (Å²) in [4.78, 5) is 2.59. The maximum absolute atomic E-state index is 2.59. The van der Waals surface area contributed by atoms with Crippen molar-refractivity contribution < 1.29 is 0 Å². The summed E-state index contributed by atoms with van der Waals surface area (Å²) in [6, 6.07) is 18.6. The number of benzene rings is 2. The van der Waals surface area contributed by atoms with Gasteiger partial charge >= 0.3 is 0 Å². The van der Waals surface area contributed by atoms with E-state index in [1.54, 1.807) is 5.56 Å². The molecule has 0 aromatic heterocycles. The second-order valence-electron chi connectivity index (χ2n) is 7.57. The van der Waals surface area contributed by atoms with Crippen molar-refractivity contribution in [3.63, 3.8) is 0 Å². The van der Waals surface area contributed by atoms with Crippen LogP contribution in [-0.2, 0) is 5.41 Å². The molecule has 1 aliphatic heterocycles. The van der Waals surface area contributed by atoms with Gasteiger partial charge < -0.3 is 4.90 Å². The number of anilines is 2. The molecule has 120 valence electrons. The summed E-state index contributed by atoms with van der Waals surface area (Å²) in [6.45, 7) is 4.65. The van der Waals surface area contributed by atoms with Crippen LogP contribution >= 0.6 is 0 Å². The third-order valence-corrected chi connectivity index (χ3v) is 6.05. The highest BCUT2D eigenvalue weighted by atomic mass is 15.2. The van der Waals surface area contributed by atoms with Crippen LogP contribution in [0.1, 0.15) is 56.6 Å². The van der Waals surface area contributed by atoms with Gasteiger partial charge in [0.05, 0.1) is 0 Å². The summed E-state index contributed by atoms with van der Waals surface area (Å²) < 4.78 is 0. The van der Waals surface area contributed by atoms with Gasteiger partial charge in [-0.25, -0.2) is 0 Å². The van der Waals surface area contributed by atoms with E-state index < -0.39 is 0 Å². The van der Waals surface area contributed by atoms with Gasteiger partial charge in [-0.05, 0) is 61.8 Å². The van der Waals surface area contributed by atoms with Crippen molar-refractivity contribution >= 4 is 11.4 Å². The van der Waals surface area contributed by atoms with Crippen molar-refractivity contribution in [3.05, 3.63) is 59.7 Å². The van der Waals surface area contributed by atoms with Crippen LogP contribution in [0.4, 0.5) is 11.4 Å². The lowest BCUT2D eigenvalue weighted by molar-refractivity contribution is 0.250. The fourth-order valence-electron chi connectivity index (χ4n) is 5.04. The third-order valence-electron chi connectivity index (χ3n) is 6.05. The Balaban J connectivity index is 1.86. The highest BCUT2D eigenvalue weighted by molar-refractivity contribution is 5.72. The van der Waals surface area contributed by atoms with Crippen molar-refractivity contribution in [1.29, 1.82) is 0 Å². The Morgan fingerprint density at radius 3 is 2.26 bits per heavy atom. The minimum atomic E-state index is 0.424. The van der Waals surface area contributed by atoms with Crippen LogP contribution in [0, 0.1) is 6.92 Å². The normalized spacial score (nSPS) is 22.9. The Labute approximate surface area is 140 Å². The SMILES string of the molecule is Cc1ccccc1N1c2ccccc2C2(CCCCC2)C[C@@H]1C. The van der Waals surface area contributed by atoms with E-state index in [9.17, 15) is 0 Å². The Bertz CT molecular complexity index is 697. The summed E-state index contributed by atoms with van der Waals surface area (Å²) in [6.07, 6.45) is 8.24. The average molecular weight is 305 g/mol. The van der Waals surface area contributed by atoms with Gasteiger partial charge in [0.1, 0.15) is 0 Å². The predicted molar refractivity (Wildman–Crippen MR) is 98.6 cm³/mol. The van der Waals surface area contributed by atoms with Gasteiger partial charge in [0.2, 0.25) is 0 Å². The molecule has 0 saturated heterocycles. The van der Waals surface area contributed by atoms with E-state index in [0.29, 0.717) is 11.5 Å². The van der Waals surface area contributed by atoms with Crippen molar-refractivity contribution in [3.8, 4) is 0 Å². The van der Waals surface area contributed by atoms with Crippen molar-refractivity contribution in [2.45, 2.75) is 63.8 Å². The van der Waals surface area contributed by atoms with Crippen LogP contribution in [0.2, 0.25) is 0 Å². The minimum absolute atomic E-state index is 0.424. The molecule has 1 saturated carbocycles. The van der Waals surface area contributed by atoms with E-state index in [2.05, 4.69) is 67.3 Å². The first-order valence-electron chi connectivity index (χ1n) is 9.16. The van der Waals surface area contributed by atoms with E-state index in [-0.39, 0.29) is 0 Å². The molecule has 0 N–H and O–H groups in total. The zero-order chi connectivity index (χ0) is 15.9. The van der Waals surface area contributed by atoms with E-state index in [0.717, 1.165) is 0 Å². The van der Waals surface area contributed by atoms with Gasteiger partial charge in [-0.15, -0.1) is 0 Å². The first kappa shape index (κ1) is 14.8. The predicted octanol–water partition coefficient (Wildman–Crippen LogP) is 6.13. The number of nitrogens with zero attached hydrogens (tertiary/aromatic N) is 1. The van der Waals surface area contributed by atoms with Crippen LogP contribution in [0.3, 0.4) is 0 Å². The number of hydrogen-bond acceptors (Lipinski definition) is 1. The summed E-state index contributed by atoms with van der Waals surface area (Å²) in [5, 5.41) is 0. The minimum Gasteiger partial charge on any atom is -0.338 e. The van der Waals surface area contributed by atoms with E-state index in [1.165, 1.54) is 55.5 Å². The number of hydrogen-bond donors (Lipinski definition) is 0. The Morgan fingerprint density at radius 1 is 0.870 bits per heavy atom. The summed E-state index contributed by atoms with van der Waals surface area (Å²) >= 11 is 0. The number of fused-ring (bicyclic) bond motifs is 2. The van der Waals surface area contributed by atoms with Crippen LogP contribution in [0.15, 0.2) is 48.5 Å². The number of rotatable bonds is 1. The molecule has 0 bridgehead atoms. The molecule has 2 aromatic rings. The standard InChI is InChI=1S/C22H27N/c1-17-10-4-6-12-20(17)23-18(2)16-22(14-8-3-9-15-22)19-11-5-7-13-21(19)23/h4-7,10-13,18H,3,8-9,14-16H2,1-2H3/t18-/m0/s1. The number of para-hydroxylation sites is 2. The quantitative estimate of drug-likeness (QED) is 0.613. The largest absolute Gasteiger partial charge is 0.338 e. The molecule has 0 unspecified atom stereocenters.